The van der Waals surface area contributed by atoms with Gasteiger partial charge in [-0.15, -0.1) is 11.8 Å². The van der Waals surface area contributed by atoms with Crippen LogP contribution in [0.1, 0.15) is 6.92 Å². The lowest BCUT2D eigenvalue weighted by Gasteiger charge is -1.92. The summed E-state index contributed by atoms with van der Waals surface area (Å²) in [6.45, 7) is 3.01. The standard InChI is InChI=1S/C6H9NS/c1-5-3-7-4-6(5)8-2/h3H,4H2,1-2H3. The lowest BCUT2D eigenvalue weighted by Crippen LogP contribution is -1.77. The van der Waals surface area contributed by atoms with E-state index >= 15 is 0 Å². The topological polar surface area (TPSA) is 12.4 Å². The first kappa shape index (κ1) is 5.89. The molecule has 0 saturated heterocycles. The van der Waals surface area contributed by atoms with Crippen molar-refractivity contribution in [2.45, 2.75) is 6.92 Å². The van der Waals surface area contributed by atoms with E-state index in [0.29, 0.717) is 0 Å². The fraction of sp³-hybridized carbons (Fsp3) is 0.500. The Labute approximate surface area is 53.9 Å². The summed E-state index contributed by atoms with van der Waals surface area (Å²) in [7, 11) is 0. The molecule has 0 N–H and O–H groups in total. The van der Waals surface area contributed by atoms with Gasteiger partial charge in [-0.1, -0.05) is 0 Å². The van der Waals surface area contributed by atoms with Crippen molar-refractivity contribution in [1.29, 1.82) is 0 Å². The zero-order valence-electron chi connectivity index (χ0n) is 5.14. The summed E-state index contributed by atoms with van der Waals surface area (Å²) in [6.07, 6.45) is 4.03. The average Bonchev–Trinajstić information content (AvgIpc) is 2.14. The van der Waals surface area contributed by atoms with Crippen molar-refractivity contribution in [1.82, 2.24) is 0 Å². The normalized spacial score (nSPS) is 18.2. The van der Waals surface area contributed by atoms with E-state index in [1.54, 1.807) is 11.8 Å². The molecule has 0 spiro atoms. The number of nitrogens with zero attached hydrogens (tertiary/aromatic N) is 1. The van der Waals surface area contributed by atoms with Gasteiger partial charge in [-0.25, -0.2) is 0 Å². The van der Waals surface area contributed by atoms with Crippen LogP contribution in [0.3, 0.4) is 0 Å². The van der Waals surface area contributed by atoms with E-state index in [-0.39, 0.29) is 0 Å². The Hall–Kier alpha value is -0.240. The van der Waals surface area contributed by atoms with Gasteiger partial charge >= 0.3 is 0 Å². The van der Waals surface area contributed by atoms with Crippen LogP contribution in [-0.4, -0.2) is 19.0 Å². The van der Waals surface area contributed by atoms with Crippen LogP contribution in [0.5, 0.6) is 0 Å². The largest absolute Gasteiger partial charge is 0.288 e. The summed E-state index contributed by atoms with van der Waals surface area (Å²) in [5.41, 5.74) is 1.33. The van der Waals surface area contributed by atoms with E-state index in [1.165, 1.54) is 10.5 Å². The molecule has 0 bridgehead atoms. The fourth-order valence-corrected chi connectivity index (χ4v) is 1.27. The second kappa shape index (κ2) is 2.35. The van der Waals surface area contributed by atoms with Crippen molar-refractivity contribution >= 4 is 18.0 Å². The maximum absolute atomic E-state index is 4.10. The van der Waals surface area contributed by atoms with E-state index in [9.17, 15) is 0 Å². The molecular formula is C6H9NS. The van der Waals surface area contributed by atoms with Gasteiger partial charge in [-0.3, -0.25) is 4.99 Å². The van der Waals surface area contributed by atoms with Crippen molar-refractivity contribution in [2.75, 3.05) is 12.8 Å². The van der Waals surface area contributed by atoms with Gasteiger partial charge in [0.2, 0.25) is 0 Å². The number of allylic oxidation sites excluding steroid dienone is 1. The molecule has 1 nitrogen and oxygen atoms in total. The molecule has 0 unspecified atom stereocenters. The second-order valence-electron chi connectivity index (χ2n) is 1.78. The summed E-state index contributed by atoms with van der Waals surface area (Å²) in [5.74, 6) is 0. The van der Waals surface area contributed by atoms with Crippen LogP contribution in [0.2, 0.25) is 0 Å². The summed E-state index contributed by atoms with van der Waals surface area (Å²) < 4.78 is 0. The molecule has 2 heteroatoms. The predicted octanol–water partition coefficient (Wildman–Crippen LogP) is 1.71. The molecule has 8 heavy (non-hydrogen) atoms. The zero-order valence-corrected chi connectivity index (χ0v) is 5.96. The third-order valence-corrected chi connectivity index (χ3v) is 2.15. The van der Waals surface area contributed by atoms with Gasteiger partial charge in [0.25, 0.3) is 0 Å². The second-order valence-corrected chi connectivity index (χ2v) is 2.68. The maximum Gasteiger partial charge on any atom is 0.0701 e. The quantitative estimate of drug-likeness (QED) is 0.522. The van der Waals surface area contributed by atoms with Crippen LogP contribution < -0.4 is 0 Å². The number of hydrogen-bond acceptors (Lipinski definition) is 2. The number of hydrogen-bond donors (Lipinski definition) is 0. The molecule has 0 fully saturated rings. The van der Waals surface area contributed by atoms with Gasteiger partial charge in [0.05, 0.1) is 6.54 Å². The fourth-order valence-electron chi connectivity index (χ4n) is 0.688. The van der Waals surface area contributed by atoms with E-state index in [4.69, 9.17) is 0 Å². The summed E-state index contributed by atoms with van der Waals surface area (Å²) in [5, 5.41) is 0. The Morgan fingerprint density at radius 1 is 1.75 bits per heavy atom. The minimum Gasteiger partial charge on any atom is -0.288 e. The third-order valence-electron chi connectivity index (χ3n) is 1.21. The van der Waals surface area contributed by atoms with Crippen molar-refractivity contribution < 1.29 is 0 Å². The van der Waals surface area contributed by atoms with Crippen LogP contribution in [0.25, 0.3) is 0 Å². The predicted molar refractivity (Wildman–Crippen MR) is 39.6 cm³/mol. The Bertz CT molecular complexity index is 147. The third kappa shape index (κ3) is 0.944. The van der Waals surface area contributed by atoms with Crippen LogP contribution in [-0.2, 0) is 0 Å². The molecule has 0 aromatic carbocycles. The smallest absolute Gasteiger partial charge is 0.0701 e. The molecule has 1 heterocycles. The van der Waals surface area contributed by atoms with E-state index < -0.39 is 0 Å². The number of aliphatic imine (C=N–C) groups is 1. The Morgan fingerprint density at radius 2 is 2.50 bits per heavy atom. The summed E-state index contributed by atoms with van der Waals surface area (Å²) >= 11 is 1.80. The molecule has 0 radical (unpaired) electrons. The van der Waals surface area contributed by atoms with E-state index in [0.717, 1.165) is 6.54 Å². The molecule has 44 valence electrons. The lowest BCUT2D eigenvalue weighted by atomic mass is 10.3. The maximum atomic E-state index is 4.10. The molecule has 1 aliphatic heterocycles. The Kier molecular flexibility index (Phi) is 1.73. The summed E-state index contributed by atoms with van der Waals surface area (Å²) in [6, 6.07) is 0. The van der Waals surface area contributed by atoms with Gasteiger partial charge in [-0.2, -0.15) is 0 Å². The molecule has 1 rings (SSSR count). The van der Waals surface area contributed by atoms with Gasteiger partial charge in [0, 0.05) is 11.1 Å². The molecule has 0 saturated carbocycles. The highest BCUT2D eigenvalue weighted by molar-refractivity contribution is 8.02. The molecule has 0 amide bonds. The number of thioether (sulfide) groups is 1. The minimum atomic E-state index is 0.910. The highest BCUT2D eigenvalue weighted by atomic mass is 32.2. The van der Waals surface area contributed by atoms with Crippen molar-refractivity contribution in [3.8, 4) is 0 Å². The zero-order chi connectivity index (χ0) is 5.98. The van der Waals surface area contributed by atoms with Crippen LogP contribution in [0.15, 0.2) is 15.5 Å². The van der Waals surface area contributed by atoms with E-state index in [2.05, 4.69) is 18.2 Å². The van der Waals surface area contributed by atoms with Gasteiger partial charge < -0.3 is 0 Å². The SMILES string of the molecule is CSC1=C(C)C=NC1. The van der Waals surface area contributed by atoms with Crippen LogP contribution >= 0.6 is 11.8 Å². The van der Waals surface area contributed by atoms with Gasteiger partial charge in [-0.05, 0) is 18.8 Å². The lowest BCUT2D eigenvalue weighted by molar-refractivity contribution is 1.27. The molecule has 0 aromatic rings. The first-order valence-electron chi connectivity index (χ1n) is 2.58. The monoisotopic (exact) mass is 127 g/mol. The molecular weight excluding hydrogens is 118 g/mol. The Balaban J connectivity index is 2.68. The van der Waals surface area contributed by atoms with Crippen molar-refractivity contribution in [2.24, 2.45) is 4.99 Å². The molecule has 0 atom stereocenters. The van der Waals surface area contributed by atoms with Gasteiger partial charge in [0.15, 0.2) is 0 Å². The van der Waals surface area contributed by atoms with Crippen molar-refractivity contribution in [3.05, 3.63) is 10.5 Å². The van der Waals surface area contributed by atoms with E-state index in [1.807, 2.05) is 6.21 Å². The van der Waals surface area contributed by atoms with Crippen molar-refractivity contribution in [3.63, 3.8) is 0 Å². The highest BCUT2D eigenvalue weighted by Gasteiger charge is 2.02. The average molecular weight is 127 g/mol. The van der Waals surface area contributed by atoms with Crippen LogP contribution in [0.4, 0.5) is 0 Å². The minimum absolute atomic E-state index is 0.910. The first-order chi connectivity index (χ1) is 3.84. The van der Waals surface area contributed by atoms with Crippen LogP contribution in [0, 0.1) is 0 Å². The molecule has 1 aliphatic rings. The van der Waals surface area contributed by atoms with Gasteiger partial charge in [0.1, 0.15) is 0 Å². The summed E-state index contributed by atoms with van der Waals surface area (Å²) in [4.78, 5) is 5.50. The highest BCUT2D eigenvalue weighted by Crippen LogP contribution is 2.19. The first-order valence-corrected chi connectivity index (χ1v) is 3.80. The molecule has 0 aliphatic carbocycles. The number of rotatable bonds is 1. The Morgan fingerprint density at radius 3 is 2.75 bits per heavy atom. The molecule has 0 aromatic heterocycles.